The summed E-state index contributed by atoms with van der Waals surface area (Å²) >= 11 is 0. The first-order valence-corrected chi connectivity index (χ1v) is 8.59. The van der Waals surface area contributed by atoms with Gasteiger partial charge >= 0.3 is 0 Å². The Hall–Kier alpha value is -2.73. The van der Waals surface area contributed by atoms with Crippen LogP contribution in [0.2, 0.25) is 0 Å². The number of nitrogens with zero attached hydrogens (tertiary/aromatic N) is 4. The molecule has 1 amide bonds. The van der Waals surface area contributed by atoms with Gasteiger partial charge in [0.25, 0.3) is 5.91 Å². The lowest BCUT2D eigenvalue weighted by atomic mass is 10.1. The monoisotopic (exact) mass is 335 g/mol. The number of aromatic nitrogens is 3. The first-order chi connectivity index (χ1) is 12.2. The lowest BCUT2D eigenvalue weighted by Gasteiger charge is -2.38. The third-order valence-corrected chi connectivity index (χ3v) is 5.02. The van der Waals surface area contributed by atoms with Crippen molar-refractivity contribution in [1.29, 1.82) is 0 Å². The minimum absolute atomic E-state index is 0.0727. The molecule has 1 atom stereocenters. The summed E-state index contributed by atoms with van der Waals surface area (Å²) in [7, 11) is 0. The van der Waals surface area contributed by atoms with Gasteiger partial charge in [-0.2, -0.15) is 5.10 Å². The summed E-state index contributed by atoms with van der Waals surface area (Å²) in [4.78, 5) is 21.4. The summed E-state index contributed by atoms with van der Waals surface area (Å²) in [5.74, 6) is 0.0727. The number of rotatable bonds is 3. The van der Waals surface area contributed by atoms with E-state index in [0.717, 1.165) is 37.1 Å². The molecule has 6 heteroatoms. The van der Waals surface area contributed by atoms with Gasteiger partial charge in [0.15, 0.2) is 0 Å². The van der Waals surface area contributed by atoms with Crippen molar-refractivity contribution in [1.82, 2.24) is 25.0 Å². The number of benzene rings is 1. The maximum atomic E-state index is 12.9. The number of carbonyl (C=O) groups is 1. The Balaban J connectivity index is 1.45. The molecule has 2 aromatic heterocycles. The van der Waals surface area contributed by atoms with E-state index in [1.807, 2.05) is 35.4 Å². The highest BCUT2D eigenvalue weighted by molar-refractivity contribution is 6.05. The summed E-state index contributed by atoms with van der Waals surface area (Å²) in [6.45, 7) is 5.38. The Morgan fingerprint density at radius 1 is 1.12 bits per heavy atom. The van der Waals surface area contributed by atoms with Crippen LogP contribution < -0.4 is 0 Å². The van der Waals surface area contributed by atoms with Gasteiger partial charge in [-0.3, -0.25) is 19.8 Å². The Morgan fingerprint density at radius 2 is 1.96 bits per heavy atom. The molecular weight excluding hydrogens is 314 g/mol. The fraction of sp³-hybridized carbons (Fsp3) is 0.316. The second-order valence-corrected chi connectivity index (χ2v) is 6.43. The average molecular weight is 335 g/mol. The molecule has 6 nitrogen and oxygen atoms in total. The number of para-hydroxylation sites is 1. The number of aromatic amines is 1. The number of hydrogen-bond donors (Lipinski definition) is 1. The van der Waals surface area contributed by atoms with Gasteiger partial charge < -0.3 is 4.90 Å². The fourth-order valence-electron chi connectivity index (χ4n) is 3.46. The van der Waals surface area contributed by atoms with E-state index in [0.29, 0.717) is 11.6 Å². The van der Waals surface area contributed by atoms with E-state index in [1.54, 1.807) is 12.4 Å². The molecule has 0 aliphatic carbocycles. The van der Waals surface area contributed by atoms with E-state index >= 15 is 0 Å². The van der Waals surface area contributed by atoms with E-state index in [2.05, 4.69) is 33.1 Å². The molecule has 128 valence electrons. The minimum atomic E-state index is 0.0727. The molecule has 1 aliphatic heterocycles. The molecule has 3 aromatic rings. The van der Waals surface area contributed by atoms with E-state index in [9.17, 15) is 4.79 Å². The highest BCUT2D eigenvalue weighted by atomic mass is 16.2. The number of amides is 1. The largest absolute Gasteiger partial charge is 0.336 e. The number of hydrogen-bond acceptors (Lipinski definition) is 4. The highest BCUT2D eigenvalue weighted by Gasteiger charge is 2.26. The molecule has 1 fully saturated rings. The zero-order valence-electron chi connectivity index (χ0n) is 14.2. The summed E-state index contributed by atoms with van der Waals surface area (Å²) in [5, 5.41) is 7.96. The highest BCUT2D eigenvalue weighted by Crippen LogP contribution is 2.22. The van der Waals surface area contributed by atoms with Crippen LogP contribution in [0.15, 0.2) is 48.9 Å². The minimum Gasteiger partial charge on any atom is -0.336 e. The maximum Gasteiger partial charge on any atom is 0.256 e. The van der Waals surface area contributed by atoms with Gasteiger partial charge in [-0.1, -0.05) is 18.2 Å². The third-order valence-electron chi connectivity index (χ3n) is 5.02. The molecule has 0 bridgehead atoms. The normalized spacial score (nSPS) is 16.9. The molecule has 4 rings (SSSR count). The number of H-pyrrole nitrogens is 1. The van der Waals surface area contributed by atoms with Gasteiger partial charge in [0.1, 0.15) is 0 Å². The fourth-order valence-corrected chi connectivity index (χ4v) is 3.46. The van der Waals surface area contributed by atoms with Crippen molar-refractivity contribution in [2.75, 3.05) is 26.2 Å². The van der Waals surface area contributed by atoms with Crippen LogP contribution >= 0.6 is 0 Å². The van der Waals surface area contributed by atoms with Crippen molar-refractivity contribution < 1.29 is 4.79 Å². The molecule has 1 saturated heterocycles. The quantitative estimate of drug-likeness (QED) is 0.799. The second-order valence-electron chi connectivity index (χ2n) is 6.43. The molecule has 0 radical (unpaired) electrons. The number of carbonyl (C=O) groups excluding carboxylic acids is 1. The maximum absolute atomic E-state index is 12.9. The summed E-state index contributed by atoms with van der Waals surface area (Å²) < 4.78 is 0. The van der Waals surface area contributed by atoms with Crippen LogP contribution in [-0.2, 0) is 0 Å². The van der Waals surface area contributed by atoms with Crippen LogP contribution in [0.3, 0.4) is 0 Å². The molecule has 25 heavy (non-hydrogen) atoms. The molecular formula is C19H21N5O. The topological polar surface area (TPSA) is 65.1 Å². The Bertz CT molecular complexity index is 868. The average Bonchev–Trinajstić information content (AvgIpc) is 3.16. The van der Waals surface area contributed by atoms with Crippen LogP contribution in [-0.4, -0.2) is 57.1 Å². The van der Waals surface area contributed by atoms with Crippen molar-refractivity contribution in [3.05, 3.63) is 60.0 Å². The number of nitrogens with one attached hydrogen (secondary N) is 1. The lowest BCUT2D eigenvalue weighted by Crippen LogP contribution is -2.49. The van der Waals surface area contributed by atoms with Gasteiger partial charge in [0, 0.05) is 50.0 Å². The molecule has 0 spiro atoms. The van der Waals surface area contributed by atoms with E-state index in [-0.39, 0.29) is 5.91 Å². The standard InChI is InChI=1S/C19H21N5O/c1-14(15-5-3-7-20-12-15)23-8-10-24(11-9-23)19(25)17-6-2-4-16-13-21-22-18(16)17/h2-7,12-14H,8-11H2,1H3,(H,21,22)/t14-/m1/s1. The van der Waals surface area contributed by atoms with Crippen LogP contribution in [0, 0.1) is 0 Å². The van der Waals surface area contributed by atoms with E-state index < -0.39 is 0 Å². The number of piperazine rings is 1. The van der Waals surface area contributed by atoms with E-state index in [4.69, 9.17) is 0 Å². The van der Waals surface area contributed by atoms with Gasteiger partial charge in [-0.05, 0) is 24.6 Å². The zero-order chi connectivity index (χ0) is 17.2. The van der Waals surface area contributed by atoms with Crippen LogP contribution in [0.25, 0.3) is 10.9 Å². The lowest BCUT2D eigenvalue weighted by molar-refractivity contribution is 0.0583. The van der Waals surface area contributed by atoms with Crippen molar-refractivity contribution in [3.63, 3.8) is 0 Å². The summed E-state index contributed by atoms with van der Waals surface area (Å²) in [6.07, 6.45) is 5.46. The molecule has 0 unspecified atom stereocenters. The van der Waals surface area contributed by atoms with Crippen LogP contribution in [0.4, 0.5) is 0 Å². The molecule has 1 aromatic carbocycles. The SMILES string of the molecule is C[C@H](c1cccnc1)N1CCN(C(=O)c2cccc3cn[nH]c23)CC1. The smallest absolute Gasteiger partial charge is 0.256 e. The number of fused-ring (bicyclic) bond motifs is 1. The first-order valence-electron chi connectivity index (χ1n) is 8.59. The van der Waals surface area contributed by atoms with Crippen molar-refractivity contribution in [2.24, 2.45) is 0 Å². The van der Waals surface area contributed by atoms with Crippen molar-refractivity contribution in [2.45, 2.75) is 13.0 Å². The van der Waals surface area contributed by atoms with Crippen molar-refractivity contribution in [3.8, 4) is 0 Å². The van der Waals surface area contributed by atoms with Crippen LogP contribution in [0.1, 0.15) is 28.9 Å². The summed E-state index contributed by atoms with van der Waals surface area (Å²) in [5.41, 5.74) is 2.73. The zero-order valence-corrected chi connectivity index (χ0v) is 14.2. The Labute approximate surface area is 146 Å². The molecule has 0 saturated carbocycles. The predicted molar refractivity (Wildman–Crippen MR) is 96.2 cm³/mol. The molecule has 3 heterocycles. The van der Waals surface area contributed by atoms with Gasteiger partial charge in [0.2, 0.25) is 0 Å². The second kappa shape index (κ2) is 6.64. The van der Waals surface area contributed by atoms with Gasteiger partial charge in [0.05, 0.1) is 17.3 Å². The molecule has 1 aliphatic rings. The number of pyridine rings is 1. The Kier molecular flexibility index (Phi) is 4.19. The van der Waals surface area contributed by atoms with Gasteiger partial charge in [-0.15, -0.1) is 0 Å². The van der Waals surface area contributed by atoms with Gasteiger partial charge in [-0.25, -0.2) is 0 Å². The van der Waals surface area contributed by atoms with Crippen molar-refractivity contribution >= 4 is 16.8 Å². The van der Waals surface area contributed by atoms with E-state index in [1.165, 1.54) is 5.56 Å². The Morgan fingerprint density at radius 3 is 2.72 bits per heavy atom. The molecule has 1 N–H and O–H groups in total. The van der Waals surface area contributed by atoms with Crippen LogP contribution in [0.5, 0.6) is 0 Å². The third kappa shape index (κ3) is 3.00. The first kappa shape index (κ1) is 15.8. The predicted octanol–water partition coefficient (Wildman–Crippen LogP) is 2.48. The summed E-state index contributed by atoms with van der Waals surface area (Å²) in [6, 6.07) is 10.1.